The second kappa shape index (κ2) is 9.89. The molecule has 2 atom stereocenters. The van der Waals surface area contributed by atoms with E-state index < -0.39 is 16.1 Å². The van der Waals surface area contributed by atoms with E-state index in [1.54, 1.807) is 39.2 Å². The fourth-order valence-electron chi connectivity index (χ4n) is 4.75. The van der Waals surface area contributed by atoms with E-state index >= 15 is 0 Å². The van der Waals surface area contributed by atoms with Crippen molar-refractivity contribution in [2.75, 3.05) is 45.9 Å². The van der Waals surface area contributed by atoms with Crippen molar-refractivity contribution in [2.24, 2.45) is 0 Å². The molecule has 33 heavy (non-hydrogen) atoms. The Labute approximate surface area is 195 Å². The molecule has 0 aromatic heterocycles. The highest BCUT2D eigenvalue weighted by atomic mass is 32.2. The average molecular weight is 480 g/mol. The third-order valence-electron chi connectivity index (χ3n) is 6.74. The van der Waals surface area contributed by atoms with Crippen molar-refractivity contribution in [3.63, 3.8) is 0 Å². The van der Waals surface area contributed by atoms with Crippen molar-refractivity contribution < 1.29 is 27.5 Å². The number of hydrogen-bond acceptors (Lipinski definition) is 6. The summed E-state index contributed by atoms with van der Waals surface area (Å²) in [4.78, 5) is 28.7. The van der Waals surface area contributed by atoms with E-state index in [9.17, 15) is 18.0 Å². The lowest BCUT2D eigenvalue weighted by atomic mass is 9.96. The molecule has 1 aromatic carbocycles. The molecule has 4 rings (SSSR count). The lowest BCUT2D eigenvalue weighted by molar-refractivity contribution is -0.140. The number of nitrogens with zero attached hydrogens (tertiary/aromatic N) is 3. The van der Waals surface area contributed by atoms with Gasteiger partial charge < -0.3 is 19.3 Å². The van der Waals surface area contributed by atoms with Gasteiger partial charge in [0, 0.05) is 50.7 Å². The highest BCUT2D eigenvalue weighted by molar-refractivity contribution is 7.89. The second-order valence-electron chi connectivity index (χ2n) is 8.86. The summed E-state index contributed by atoms with van der Waals surface area (Å²) in [5, 5.41) is 0. The SMILES string of the molecule is CCOC(=O)N1CCN(C(=O)C2Oc3ccc(S(=O)(=O)N4CCCCCC4)cc3C2C)CC1. The van der Waals surface area contributed by atoms with E-state index in [-0.39, 0.29) is 22.8 Å². The molecule has 2 unspecified atom stereocenters. The fourth-order valence-corrected chi connectivity index (χ4v) is 6.30. The maximum absolute atomic E-state index is 13.2. The van der Waals surface area contributed by atoms with Crippen molar-refractivity contribution in [2.45, 2.75) is 56.4 Å². The van der Waals surface area contributed by atoms with Gasteiger partial charge in [-0.15, -0.1) is 0 Å². The molecule has 2 fully saturated rings. The van der Waals surface area contributed by atoms with E-state index in [4.69, 9.17) is 9.47 Å². The third kappa shape index (κ3) is 4.82. The Morgan fingerprint density at radius 2 is 1.64 bits per heavy atom. The van der Waals surface area contributed by atoms with Gasteiger partial charge in [-0.05, 0) is 38.0 Å². The normalized spacial score (nSPS) is 24.1. The molecule has 3 aliphatic rings. The maximum Gasteiger partial charge on any atom is 0.409 e. The first-order valence-corrected chi connectivity index (χ1v) is 13.3. The molecule has 1 aromatic rings. The smallest absolute Gasteiger partial charge is 0.409 e. The Hall–Kier alpha value is -2.33. The first-order chi connectivity index (χ1) is 15.8. The molecule has 2 saturated heterocycles. The zero-order valence-electron chi connectivity index (χ0n) is 19.4. The number of rotatable bonds is 4. The number of carbonyl (C=O) groups excluding carboxylic acids is 2. The Morgan fingerprint density at radius 3 is 2.27 bits per heavy atom. The number of benzene rings is 1. The lowest BCUT2D eigenvalue weighted by Crippen LogP contribution is -2.54. The number of piperazine rings is 1. The highest BCUT2D eigenvalue weighted by Gasteiger charge is 2.40. The van der Waals surface area contributed by atoms with Crippen LogP contribution >= 0.6 is 0 Å². The van der Waals surface area contributed by atoms with Crippen LogP contribution in [0.1, 0.15) is 51.0 Å². The van der Waals surface area contributed by atoms with Gasteiger partial charge >= 0.3 is 6.09 Å². The van der Waals surface area contributed by atoms with E-state index in [1.165, 1.54) is 0 Å². The molecule has 0 spiro atoms. The molecule has 0 saturated carbocycles. The van der Waals surface area contributed by atoms with Crippen LogP contribution in [0.25, 0.3) is 0 Å². The molecule has 0 aliphatic carbocycles. The molecule has 10 heteroatoms. The van der Waals surface area contributed by atoms with Gasteiger partial charge in [-0.25, -0.2) is 13.2 Å². The van der Waals surface area contributed by atoms with Crippen LogP contribution < -0.4 is 4.74 Å². The first kappa shape index (κ1) is 23.8. The van der Waals surface area contributed by atoms with E-state index in [0.717, 1.165) is 31.2 Å². The van der Waals surface area contributed by atoms with Crippen LogP contribution in [0.15, 0.2) is 23.1 Å². The van der Waals surface area contributed by atoms with Crippen molar-refractivity contribution in [1.29, 1.82) is 0 Å². The van der Waals surface area contributed by atoms with Crippen LogP contribution in [0, 0.1) is 0 Å². The molecule has 0 N–H and O–H groups in total. The monoisotopic (exact) mass is 479 g/mol. The van der Waals surface area contributed by atoms with Crippen LogP contribution in [0.3, 0.4) is 0 Å². The lowest BCUT2D eigenvalue weighted by Gasteiger charge is -2.35. The molecule has 0 bridgehead atoms. The number of fused-ring (bicyclic) bond motifs is 1. The number of amides is 2. The minimum absolute atomic E-state index is 0.140. The summed E-state index contributed by atoms with van der Waals surface area (Å²) < 4.78 is 39.0. The molecule has 2 amide bonds. The van der Waals surface area contributed by atoms with Crippen LogP contribution in [0.2, 0.25) is 0 Å². The average Bonchev–Trinajstić information content (AvgIpc) is 2.98. The molecular weight excluding hydrogens is 446 g/mol. The van der Waals surface area contributed by atoms with Crippen LogP contribution in [-0.4, -0.2) is 86.5 Å². The minimum Gasteiger partial charge on any atom is -0.480 e. The molecule has 3 heterocycles. The molecule has 0 radical (unpaired) electrons. The van der Waals surface area contributed by atoms with Gasteiger partial charge in [0.15, 0.2) is 6.10 Å². The molecule has 9 nitrogen and oxygen atoms in total. The second-order valence-corrected chi connectivity index (χ2v) is 10.8. The minimum atomic E-state index is -3.57. The maximum atomic E-state index is 13.2. The van der Waals surface area contributed by atoms with Crippen molar-refractivity contribution >= 4 is 22.0 Å². The van der Waals surface area contributed by atoms with Crippen molar-refractivity contribution in [3.8, 4) is 5.75 Å². The van der Waals surface area contributed by atoms with Gasteiger partial charge in [0.25, 0.3) is 5.91 Å². The van der Waals surface area contributed by atoms with E-state index in [2.05, 4.69) is 0 Å². The van der Waals surface area contributed by atoms with Crippen LogP contribution in [0.4, 0.5) is 4.79 Å². The Morgan fingerprint density at radius 1 is 1.00 bits per heavy atom. The fraction of sp³-hybridized carbons (Fsp3) is 0.652. The topological polar surface area (TPSA) is 96.5 Å². The van der Waals surface area contributed by atoms with Gasteiger partial charge in [0.2, 0.25) is 10.0 Å². The molecule has 182 valence electrons. The van der Waals surface area contributed by atoms with E-state index in [0.29, 0.717) is 51.6 Å². The van der Waals surface area contributed by atoms with Gasteiger partial charge in [-0.3, -0.25) is 4.79 Å². The summed E-state index contributed by atoms with van der Waals surface area (Å²) in [5.74, 6) is 0.148. The first-order valence-electron chi connectivity index (χ1n) is 11.8. The van der Waals surface area contributed by atoms with Gasteiger partial charge in [-0.2, -0.15) is 4.31 Å². The highest BCUT2D eigenvalue weighted by Crippen LogP contribution is 2.40. The third-order valence-corrected chi connectivity index (χ3v) is 8.64. The summed E-state index contributed by atoms with van der Waals surface area (Å²) in [7, 11) is -3.57. The molecular formula is C23H33N3O6S. The summed E-state index contributed by atoms with van der Waals surface area (Å²) in [5.41, 5.74) is 0.745. The predicted molar refractivity (Wildman–Crippen MR) is 122 cm³/mol. The van der Waals surface area contributed by atoms with Crippen LogP contribution in [-0.2, 0) is 19.6 Å². The Bertz CT molecular complexity index is 982. The molecule has 3 aliphatic heterocycles. The number of carbonyl (C=O) groups is 2. The van der Waals surface area contributed by atoms with Crippen LogP contribution in [0.5, 0.6) is 5.75 Å². The number of ether oxygens (including phenoxy) is 2. The number of hydrogen-bond donors (Lipinski definition) is 0. The van der Waals surface area contributed by atoms with Crippen molar-refractivity contribution in [3.05, 3.63) is 23.8 Å². The van der Waals surface area contributed by atoms with E-state index in [1.807, 2.05) is 6.92 Å². The standard InChI is InChI=1S/C23H33N3O6S/c1-3-31-23(28)25-14-12-24(13-15-25)22(27)21-17(2)19-16-18(8-9-20(19)32-21)33(29,30)26-10-6-4-5-7-11-26/h8-9,16-17,21H,3-7,10-15H2,1-2H3. The summed E-state index contributed by atoms with van der Waals surface area (Å²) in [6, 6.07) is 4.92. The quantitative estimate of drug-likeness (QED) is 0.658. The predicted octanol–water partition coefficient (Wildman–Crippen LogP) is 2.42. The summed E-state index contributed by atoms with van der Waals surface area (Å²) in [6.45, 7) is 6.72. The zero-order valence-corrected chi connectivity index (χ0v) is 20.2. The number of sulfonamides is 1. The Kier molecular flexibility index (Phi) is 7.13. The summed E-state index contributed by atoms with van der Waals surface area (Å²) >= 11 is 0. The van der Waals surface area contributed by atoms with Gasteiger partial charge in [0.1, 0.15) is 5.75 Å². The largest absolute Gasteiger partial charge is 0.480 e. The van der Waals surface area contributed by atoms with Gasteiger partial charge in [-0.1, -0.05) is 19.8 Å². The zero-order chi connectivity index (χ0) is 23.6. The Balaban J connectivity index is 1.44. The van der Waals surface area contributed by atoms with Gasteiger partial charge in [0.05, 0.1) is 11.5 Å². The van der Waals surface area contributed by atoms with Crippen molar-refractivity contribution in [1.82, 2.24) is 14.1 Å². The summed E-state index contributed by atoms with van der Waals surface area (Å²) in [6.07, 6.45) is 2.80.